The van der Waals surface area contributed by atoms with Gasteiger partial charge in [-0.25, -0.2) is 4.79 Å². The molecule has 2 fully saturated rings. The summed E-state index contributed by atoms with van der Waals surface area (Å²) in [6, 6.07) is 5.26. The molecule has 0 aliphatic carbocycles. The number of carbonyl (C=O) groups is 3. The van der Waals surface area contributed by atoms with Crippen molar-refractivity contribution in [2.24, 2.45) is 0 Å². The van der Waals surface area contributed by atoms with Crippen LogP contribution >= 0.6 is 11.3 Å². The SMILES string of the molecule is Cc1cc(C(=O)CN2C(=O)[C@@H]3CCCN3C2=O)c(C)n1Cc1cccs1. The number of Topliss-reactive ketones (excluding diaryl/α,β-unsaturated/α-hetero) is 1. The van der Waals surface area contributed by atoms with E-state index in [0.29, 0.717) is 18.5 Å². The Kier molecular flexibility index (Phi) is 4.19. The van der Waals surface area contributed by atoms with Crippen molar-refractivity contribution in [3.8, 4) is 0 Å². The fourth-order valence-corrected chi connectivity index (χ4v) is 4.63. The zero-order valence-corrected chi connectivity index (χ0v) is 15.7. The van der Waals surface area contributed by atoms with Crippen LogP contribution in [-0.2, 0) is 11.3 Å². The molecule has 6 nitrogen and oxygen atoms in total. The Balaban J connectivity index is 1.54. The maximum atomic E-state index is 12.8. The van der Waals surface area contributed by atoms with Crippen molar-refractivity contribution >= 4 is 29.1 Å². The summed E-state index contributed by atoms with van der Waals surface area (Å²) in [5.74, 6) is -0.411. The lowest BCUT2D eigenvalue weighted by Crippen LogP contribution is -2.37. The molecule has 2 saturated heterocycles. The highest BCUT2D eigenvalue weighted by Gasteiger charge is 2.47. The number of nitrogens with zero attached hydrogens (tertiary/aromatic N) is 3. The van der Waals surface area contributed by atoms with Gasteiger partial charge in [-0.1, -0.05) is 6.07 Å². The van der Waals surface area contributed by atoms with Crippen LogP contribution in [0.5, 0.6) is 0 Å². The number of hydrogen-bond donors (Lipinski definition) is 0. The van der Waals surface area contributed by atoms with Crippen LogP contribution in [0.2, 0.25) is 0 Å². The van der Waals surface area contributed by atoms with Crippen LogP contribution in [0.25, 0.3) is 0 Å². The van der Waals surface area contributed by atoms with Crippen molar-refractivity contribution in [3.05, 3.63) is 45.4 Å². The first-order chi connectivity index (χ1) is 12.5. The fourth-order valence-electron chi connectivity index (χ4n) is 3.94. The van der Waals surface area contributed by atoms with E-state index in [4.69, 9.17) is 0 Å². The van der Waals surface area contributed by atoms with Crippen LogP contribution in [0.3, 0.4) is 0 Å². The van der Waals surface area contributed by atoms with Gasteiger partial charge in [0.05, 0.1) is 13.1 Å². The number of fused-ring (bicyclic) bond motifs is 1. The number of urea groups is 1. The lowest BCUT2D eigenvalue weighted by Gasteiger charge is -2.15. The van der Waals surface area contributed by atoms with Gasteiger partial charge in [-0.3, -0.25) is 14.5 Å². The molecule has 0 N–H and O–H groups in total. The third kappa shape index (κ3) is 2.67. The van der Waals surface area contributed by atoms with Crippen LogP contribution in [0.4, 0.5) is 4.79 Å². The first-order valence-electron chi connectivity index (χ1n) is 8.81. The molecular formula is C19H21N3O3S. The molecule has 7 heteroatoms. The van der Waals surface area contributed by atoms with E-state index in [-0.39, 0.29) is 30.3 Å². The van der Waals surface area contributed by atoms with Crippen molar-refractivity contribution in [3.63, 3.8) is 0 Å². The van der Waals surface area contributed by atoms with Gasteiger partial charge in [-0.15, -0.1) is 11.3 Å². The Morgan fingerprint density at radius 2 is 2.12 bits per heavy atom. The minimum absolute atomic E-state index is 0.173. The molecule has 1 atom stereocenters. The van der Waals surface area contributed by atoms with Gasteiger partial charge in [-0.2, -0.15) is 0 Å². The van der Waals surface area contributed by atoms with E-state index >= 15 is 0 Å². The first-order valence-corrected chi connectivity index (χ1v) is 9.69. The van der Waals surface area contributed by atoms with Gasteiger partial charge in [0.2, 0.25) is 0 Å². The molecule has 2 aromatic rings. The number of ketones is 1. The normalized spacial score (nSPS) is 19.5. The fraction of sp³-hybridized carbons (Fsp3) is 0.421. The minimum Gasteiger partial charge on any atom is -0.343 e. The number of aryl methyl sites for hydroxylation is 1. The largest absolute Gasteiger partial charge is 0.343 e. The maximum absolute atomic E-state index is 12.8. The molecule has 0 saturated carbocycles. The summed E-state index contributed by atoms with van der Waals surface area (Å²) in [4.78, 5) is 41.6. The molecule has 0 aromatic carbocycles. The number of aromatic nitrogens is 1. The minimum atomic E-state index is -0.360. The molecule has 3 amide bonds. The van der Waals surface area contributed by atoms with Gasteiger partial charge in [0.25, 0.3) is 5.91 Å². The average molecular weight is 371 g/mol. The molecule has 26 heavy (non-hydrogen) atoms. The molecule has 2 aliphatic heterocycles. The van der Waals surface area contributed by atoms with Crippen molar-refractivity contribution < 1.29 is 14.4 Å². The van der Waals surface area contributed by atoms with Crippen LogP contribution < -0.4 is 0 Å². The quantitative estimate of drug-likeness (QED) is 0.600. The average Bonchev–Trinajstić information content (AvgIpc) is 3.37. The van der Waals surface area contributed by atoms with Crippen LogP contribution in [0.1, 0.15) is 39.5 Å². The Labute approximate surface area is 156 Å². The molecule has 4 rings (SSSR count). The zero-order chi connectivity index (χ0) is 18.4. The lowest BCUT2D eigenvalue weighted by atomic mass is 10.1. The third-order valence-electron chi connectivity index (χ3n) is 5.35. The Bertz CT molecular complexity index is 862. The number of hydrogen-bond acceptors (Lipinski definition) is 4. The van der Waals surface area contributed by atoms with E-state index in [2.05, 4.69) is 10.6 Å². The maximum Gasteiger partial charge on any atom is 0.327 e. The number of rotatable bonds is 5. The zero-order valence-electron chi connectivity index (χ0n) is 14.9. The summed E-state index contributed by atoms with van der Waals surface area (Å²) in [6.45, 7) is 5.04. The third-order valence-corrected chi connectivity index (χ3v) is 6.21. The van der Waals surface area contributed by atoms with Gasteiger partial charge < -0.3 is 9.47 Å². The van der Waals surface area contributed by atoms with Crippen LogP contribution in [0.15, 0.2) is 23.6 Å². The molecular weight excluding hydrogens is 350 g/mol. The molecule has 0 bridgehead atoms. The van der Waals surface area contributed by atoms with E-state index in [9.17, 15) is 14.4 Å². The molecule has 0 unspecified atom stereocenters. The lowest BCUT2D eigenvalue weighted by molar-refractivity contribution is -0.127. The highest BCUT2D eigenvalue weighted by atomic mass is 32.1. The predicted octanol–water partition coefficient (Wildman–Crippen LogP) is 2.82. The molecule has 2 aromatic heterocycles. The van der Waals surface area contributed by atoms with Crippen LogP contribution in [-0.4, -0.2) is 51.2 Å². The van der Waals surface area contributed by atoms with E-state index in [1.807, 2.05) is 31.4 Å². The summed E-state index contributed by atoms with van der Waals surface area (Å²) in [5.41, 5.74) is 2.46. The Morgan fingerprint density at radius 3 is 2.81 bits per heavy atom. The molecule has 136 valence electrons. The van der Waals surface area contributed by atoms with Gasteiger partial charge in [0, 0.05) is 28.4 Å². The Morgan fingerprint density at radius 1 is 1.31 bits per heavy atom. The summed E-state index contributed by atoms with van der Waals surface area (Å²) in [6.07, 6.45) is 1.55. The highest BCUT2D eigenvalue weighted by molar-refractivity contribution is 7.09. The summed E-state index contributed by atoms with van der Waals surface area (Å²) >= 11 is 1.68. The van der Waals surface area contributed by atoms with Crippen molar-refractivity contribution in [1.29, 1.82) is 0 Å². The Hall–Kier alpha value is -2.41. The second kappa shape index (κ2) is 6.39. The second-order valence-corrected chi connectivity index (χ2v) is 7.96. The molecule has 0 radical (unpaired) electrons. The van der Waals surface area contributed by atoms with E-state index in [1.54, 1.807) is 16.2 Å². The van der Waals surface area contributed by atoms with Gasteiger partial charge in [0.15, 0.2) is 5.78 Å². The monoisotopic (exact) mass is 371 g/mol. The second-order valence-electron chi connectivity index (χ2n) is 6.93. The van der Waals surface area contributed by atoms with Gasteiger partial charge in [-0.05, 0) is 44.2 Å². The number of amides is 3. The van der Waals surface area contributed by atoms with E-state index < -0.39 is 0 Å². The van der Waals surface area contributed by atoms with Crippen molar-refractivity contribution in [2.75, 3.05) is 13.1 Å². The van der Waals surface area contributed by atoms with E-state index in [0.717, 1.165) is 29.3 Å². The highest BCUT2D eigenvalue weighted by Crippen LogP contribution is 2.28. The summed E-state index contributed by atoms with van der Waals surface area (Å²) in [7, 11) is 0. The van der Waals surface area contributed by atoms with Gasteiger partial charge in [0.1, 0.15) is 6.04 Å². The molecule has 4 heterocycles. The summed E-state index contributed by atoms with van der Waals surface area (Å²) < 4.78 is 2.10. The van der Waals surface area contributed by atoms with Gasteiger partial charge >= 0.3 is 6.03 Å². The first kappa shape index (κ1) is 17.0. The topological polar surface area (TPSA) is 62.6 Å². The van der Waals surface area contributed by atoms with Crippen molar-refractivity contribution in [2.45, 2.75) is 39.3 Å². The smallest absolute Gasteiger partial charge is 0.327 e. The predicted molar refractivity (Wildman–Crippen MR) is 98.5 cm³/mol. The summed E-state index contributed by atoms with van der Waals surface area (Å²) in [5, 5.41) is 2.03. The van der Waals surface area contributed by atoms with E-state index in [1.165, 1.54) is 4.88 Å². The van der Waals surface area contributed by atoms with Crippen LogP contribution in [0, 0.1) is 13.8 Å². The van der Waals surface area contributed by atoms with Crippen molar-refractivity contribution in [1.82, 2.24) is 14.4 Å². The molecule has 0 spiro atoms. The number of carbonyl (C=O) groups excluding carboxylic acids is 3. The number of imide groups is 1. The standard InChI is InChI=1S/C19H21N3O3S/c1-12-9-15(13(2)21(12)10-14-5-4-8-26-14)17(23)11-22-18(24)16-6-3-7-20(16)19(22)25/h4-5,8-9,16H,3,6-7,10-11H2,1-2H3/t16-/m0/s1. The molecule has 2 aliphatic rings. The number of thiophene rings is 1.